The molecule has 2 atom stereocenters. The summed E-state index contributed by atoms with van der Waals surface area (Å²) in [5, 5.41) is 16.9. The molecule has 0 amide bonds. The molecule has 76 valence electrons. The topological polar surface area (TPSA) is 94.0 Å². The Hall–Kier alpha value is -1.24. The maximum atomic E-state index is 10.7. The van der Waals surface area contributed by atoms with Gasteiger partial charge in [-0.25, -0.2) is 4.68 Å². The van der Waals surface area contributed by atoms with Crippen molar-refractivity contribution in [3.8, 4) is 0 Å². The molecule has 1 aliphatic carbocycles. The predicted octanol–water partition coefficient (Wildman–Crippen LogP) is -0.0528. The molecule has 1 aromatic rings. The largest absolute Gasteiger partial charge is 0.481 e. The monoisotopic (exact) mass is 214 g/mol. The van der Waals surface area contributed by atoms with Gasteiger partial charge in [0.15, 0.2) is 0 Å². The molecule has 0 spiro atoms. The van der Waals surface area contributed by atoms with Crippen molar-refractivity contribution < 1.29 is 9.90 Å². The number of rotatable bonds is 3. The molecule has 2 rings (SSSR count). The zero-order valence-corrected chi connectivity index (χ0v) is 8.15. The van der Waals surface area contributed by atoms with Crippen LogP contribution in [0.3, 0.4) is 0 Å². The van der Waals surface area contributed by atoms with Crippen LogP contribution in [-0.4, -0.2) is 31.2 Å². The third kappa shape index (κ3) is 1.54. The van der Waals surface area contributed by atoms with Gasteiger partial charge in [0.2, 0.25) is 5.16 Å². The van der Waals surface area contributed by atoms with Crippen LogP contribution in [0.2, 0.25) is 0 Å². The van der Waals surface area contributed by atoms with E-state index in [4.69, 9.17) is 10.9 Å². The molecule has 0 bridgehead atoms. The predicted molar refractivity (Wildman–Crippen MR) is 50.2 cm³/mol. The number of thioether (sulfide) groups is 1. The summed E-state index contributed by atoms with van der Waals surface area (Å²) in [5.41, 5.74) is 0. The second-order valence-corrected chi connectivity index (χ2v) is 4.41. The van der Waals surface area contributed by atoms with Crippen molar-refractivity contribution in [3.63, 3.8) is 0 Å². The smallest absolute Gasteiger partial charge is 0.307 e. The molecule has 14 heavy (non-hydrogen) atoms. The standard InChI is InChI=1S/C7H10N4O2S/c8-11-3-9-10-7(11)14-5-2-1-4(5)6(12)13/h3-5H,1-2,8H2,(H,12,13). The van der Waals surface area contributed by atoms with Crippen molar-refractivity contribution in [3.05, 3.63) is 6.33 Å². The molecule has 0 radical (unpaired) electrons. The van der Waals surface area contributed by atoms with E-state index in [-0.39, 0.29) is 11.2 Å². The second kappa shape index (κ2) is 3.49. The van der Waals surface area contributed by atoms with E-state index in [1.807, 2.05) is 0 Å². The van der Waals surface area contributed by atoms with Gasteiger partial charge in [-0.1, -0.05) is 11.8 Å². The molecule has 1 fully saturated rings. The lowest BCUT2D eigenvalue weighted by atomic mass is 9.85. The molecule has 1 heterocycles. The first-order chi connectivity index (χ1) is 6.68. The lowest BCUT2D eigenvalue weighted by Crippen LogP contribution is -2.35. The van der Waals surface area contributed by atoms with Gasteiger partial charge in [0.25, 0.3) is 0 Å². The molecule has 1 aromatic heterocycles. The van der Waals surface area contributed by atoms with Crippen LogP contribution >= 0.6 is 11.8 Å². The quantitative estimate of drug-likeness (QED) is 0.685. The minimum Gasteiger partial charge on any atom is -0.481 e. The number of nitrogen functional groups attached to an aromatic ring is 1. The molecule has 0 aromatic carbocycles. The van der Waals surface area contributed by atoms with Gasteiger partial charge in [-0.2, -0.15) is 0 Å². The first-order valence-electron chi connectivity index (χ1n) is 4.23. The summed E-state index contributed by atoms with van der Waals surface area (Å²) >= 11 is 1.38. The van der Waals surface area contributed by atoms with E-state index in [2.05, 4.69) is 10.2 Å². The molecule has 2 unspecified atom stereocenters. The van der Waals surface area contributed by atoms with Gasteiger partial charge in [-0.3, -0.25) is 4.79 Å². The van der Waals surface area contributed by atoms with Crippen LogP contribution in [0.15, 0.2) is 11.5 Å². The van der Waals surface area contributed by atoms with Gasteiger partial charge in [-0.05, 0) is 12.8 Å². The Bertz CT molecular complexity index is 353. The molecule has 7 heteroatoms. The number of aliphatic carboxylic acids is 1. The maximum absolute atomic E-state index is 10.7. The molecular weight excluding hydrogens is 204 g/mol. The zero-order chi connectivity index (χ0) is 10.1. The van der Waals surface area contributed by atoms with E-state index in [1.54, 1.807) is 0 Å². The molecular formula is C7H10N4O2S. The van der Waals surface area contributed by atoms with Crippen LogP contribution in [0, 0.1) is 5.92 Å². The number of carboxylic acid groups (broad SMARTS) is 1. The van der Waals surface area contributed by atoms with Gasteiger partial charge >= 0.3 is 5.97 Å². The van der Waals surface area contributed by atoms with Crippen LogP contribution in [0.25, 0.3) is 0 Å². The summed E-state index contributed by atoms with van der Waals surface area (Å²) in [7, 11) is 0. The highest BCUT2D eigenvalue weighted by molar-refractivity contribution is 7.99. The van der Waals surface area contributed by atoms with Crippen LogP contribution in [0.4, 0.5) is 0 Å². The van der Waals surface area contributed by atoms with Crippen molar-refractivity contribution in [1.29, 1.82) is 0 Å². The summed E-state index contributed by atoms with van der Waals surface area (Å²) in [6.45, 7) is 0. The Morgan fingerprint density at radius 2 is 2.50 bits per heavy atom. The third-order valence-corrected chi connectivity index (χ3v) is 3.70. The average molecular weight is 214 g/mol. The van der Waals surface area contributed by atoms with Gasteiger partial charge in [0, 0.05) is 5.25 Å². The van der Waals surface area contributed by atoms with Gasteiger partial charge < -0.3 is 10.9 Å². The Labute approximate surface area is 84.5 Å². The highest BCUT2D eigenvalue weighted by Gasteiger charge is 2.38. The van der Waals surface area contributed by atoms with Crippen LogP contribution in [0.1, 0.15) is 12.8 Å². The van der Waals surface area contributed by atoms with E-state index in [0.29, 0.717) is 5.16 Å². The van der Waals surface area contributed by atoms with Crippen molar-refractivity contribution in [2.75, 3.05) is 5.84 Å². The number of hydrogen-bond donors (Lipinski definition) is 2. The van der Waals surface area contributed by atoms with E-state index >= 15 is 0 Å². The van der Waals surface area contributed by atoms with Crippen molar-refractivity contribution >= 4 is 17.7 Å². The first kappa shape index (κ1) is 9.32. The molecule has 3 N–H and O–H groups in total. The summed E-state index contributed by atoms with van der Waals surface area (Å²) in [6.07, 6.45) is 3.04. The molecule has 0 saturated heterocycles. The van der Waals surface area contributed by atoms with Crippen molar-refractivity contribution in [1.82, 2.24) is 14.9 Å². The lowest BCUT2D eigenvalue weighted by molar-refractivity contribution is -0.144. The second-order valence-electron chi connectivity index (χ2n) is 3.20. The third-order valence-electron chi connectivity index (χ3n) is 2.33. The number of nitrogens with zero attached hydrogens (tertiary/aromatic N) is 3. The van der Waals surface area contributed by atoms with Gasteiger partial charge in [-0.15, -0.1) is 10.2 Å². The van der Waals surface area contributed by atoms with Gasteiger partial charge in [0.05, 0.1) is 5.92 Å². The summed E-state index contributed by atoms with van der Waals surface area (Å²) in [4.78, 5) is 10.7. The highest BCUT2D eigenvalue weighted by Crippen LogP contribution is 2.40. The number of nitrogens with two attached hydrogens (primary N) is 1. The summed E-state index contributed by atoms with van der Waals surface area (Å²) < 4.78 is 1.31. The van der Waals surface area contributed by atoms with E-state index in [9.17, 15) is 4.79 Å². The number of carbonyl (C=O) groups is 1. The summed E-state index contributed by atoms with van der Waals surface area (Å²) in [6, 6.07) is 0. The molecule has 6 nitrogen and oxygen atoms in total. The zero-order valence-electron chi connectivity index (χ0n) is 7.33. The fraction of sp³-hybridized carbons (Fsp3) is 0.571. The number of carboxylic acids is 1. The maximum Gasteiger partial charge on any atom is 0.307 e. The summed E-state index contributed by atoms with van der Waals surface area (Å²) in [5.74, 6) is 4.51. The van der Waals surface area contributed by atoms with Gasteiger partial charge in [0.1, 0.15) is 6.33 Å². The molecule has 0 aliphatic heterocycles. The minimum atomic E-state index is -0.739. The number of hydrogen-bond acceptors (Lipinski definition) is 5. The fourth-order valence-corrected chi connectivity index (χ4v) is 2.55. The molecule has 1 saturated carbocycles. The highest BCUT2D eigenvalue weighted by atomic mass is 32.2. The fourth-order valence-electron chi connectivity index (χ4n) is 1.34. The van der Waals surface area contributed by atoms with Crippen LogP contribution in [0.5, 0.6) is 0 Å². The Morgan fingerprint density at radius 1 is 1.71 bits per heavy atom. The first-order valence-corrected chi connectivity index (χ1v) is 5.11. The van der Waals surface area contributed by atoms with Crippen molar-refractivity contribution in [2.45, 2.75) is 23.2 Å². The van der Waals surface area contributed by atoms with E-state index < -0.39 is 5.97 Å². The van der Waals surface area contributed by atoms with E-state index in [1.165, 1.54) is 22.8 Å². The number of aromatic nitrogens is 3. The lowest BCUT2D eigenvalue weighted by Gasteiger charge is -2.31. The minimum absolute atomic E-state index is 0.0824. The Morgan fingerprint density at radius 3 is 2.93 bits per heavy atom. The Balaban J connectivity index is 1.99. The molecule has 1 aliphatic rings. The Kier molecular flexibility index (Phi) is 2.32. The average Bonchev–Trinajstić information content (AvgIpc) is 2.44. The van der Waals surface area contributed by atoms with Crippen LogP contribution in [-0.2, 0) is 4.79 Å². The van der Waals surface area contributed by atoms with E-state index in [0.717, 1.165) is 12.8 Å². The SMILES string of the molecule is Nn1cnnc1SC1CCC1C(=O)O. The van der Waals surface area contributed by atoms with Crippen molar-refractivity contribution in [2.24, 2.45) is 5.92 Å². The van der Waals surface area contributed by atoms with Crippen LogP contribution < -0.4 is 5.84 Å². The normalized spacial score (nSPS) is 25.7.